The molecule has 1 aliphatic heterocycles. The normalized spacial score (nSPS) is 15.8. The van der Waals surface area contributed by atoms with Crippen molar-refractivity contribution in [3.8, 4) is 11.5 Å². The molecule has 37 heavy (non-hydrogen) atoms. The van der Waals surface area contributed by atoms with Gasteiger partial charge in [-0.1, -0.05) is 6.08 Å². The molecule has 3 amide bonds. The average molecular weight is 525 g/mol. The summed E-state index contributed by atoms with van der Waals surface area (Å²) >= 11 is 1.52. The highest BCUT2D eigenvalue weighted by Gasteiger charge is 2.25. The van der Waals surface area contributed by atoms with Crippen molar-refractivity contribution in [1.29, 1.82) is 0 Å². The Morgan fingerprint density at radius 2 is 1.97 bits per heavy atom. The first-order valence-corrected chi connectivity index (χ1v) is 13.1. The van der Waals surface area contributed by atoms with E-state index in [1.165, 1.54) is 23.5 Å². The van der Waals surface area contributed by atoms with Gasteiger partial charge in [0.1, 0.15) is 11.4 Å². The lowest BCUT2D eigenvalue weighted by Crippen LogP contribution is -2.39. The maximum absolute atomic E-state index is 14.8. The maximum atomic E-state index is 14.8. The summed E-state index contributed by atoms with van der Waals surface area (Å²) in [5.41, 5.74) is 1.70. The predicted molar refractivity (Wildman–Crippen MR) is 142 cm³/mol. The van der Waals surface area contributed by atoms with Gasteiger partial charge in [0.05, 0.1) is 10.2 Å². The monoisotopic (exact) mass is 524 g/mol. The van der Waals surface area contributed by atoms with E-state index in [2.05, 4.69) is 15.6 Å². The SMILES string of the molecule is CC(C)(C)OC(=O)N1CC=C(c2cc3nccc(Oc4ccc(NC(=O)NC5CC5)cc4F)c3s2)CC1. The Kier molecular flexibility index (Phi) is 6.76. The molecule has 0 spiro atoms. The van der Waals surface area contributed by atoms with Crippen LogP contribution < -0.4 is 15.4 Å². The van der Waals surface area contributed by atoms with Crippen LogP contribution in [-0.4, -0.2) is 46.7 Å². The molecule has 1 aromatic carbocycles. The molecule has 2 N–H and O–H groups in total. The van der Waals surface area contributed by atoms with Crippen LogP contribution in [0.4, 0.5) is 19.7 Å². The zero-order valence-corrected chi connectivity index (χ0v) is 21.8. The summed E-state index contributed by atoms with van der Waals surface area (Å²) in [5, 5.41) is 5.45. The summed E-state index contributed by atoms with van der Waals surface area (Å²) in [6.07, 6.45) is 5.98. The van der Waals surface area contributed by atoms with Crippen molar-refractivity contribution in [2.24, 2.45) is 0 Å². The molecule has 0 radical (unpaired) electrons. The predicted octanol–water partition coefficient (Wildman–Crippen LogP) is 6.54. The van der Waals surface area contributed by atoms with Gasteiger partial charge in [-0.25, -0.2) is 14.0 Å². The molecule has 10 heteroatoms. The lowest BCUT2D eigenvalue weighted by Gasteiger charge is -2.29. The molecular weight excluding hydrogens is 495 g/mol. The van der Waals surface area contributed by atoms with Gasteiger partial charge in [0.25, 0.3) is 0 Å². The Bertz CT molecular complexity index is 1380. The van der Waals surface area contributed by atoms with Crippen molar-refractivity contribution < 1.29 is 23.5 Å². The highest BCUT2D eigenvalue weighted by molar-refractivity contribution is 7.20. The molecule has 2 aliphatic rings. The summed E-state index contributed by atoms with van der Waals surface area (Å²) in [6.45, 7) is 6.60. The number of benzene rings is 1. The van der Waals surface area contributed by atoms with E-state index in [4.69, 9.17) is 9.47 Å². The van der Waals surface area contributed by atoms with Crippen molar-refractivity contribution in [2.75, 3.05) is 18.4 Å². The van der Waals surface area contributed by atoms with Crippen LogP contribution >= 0.6 is 11.3 Å². The van der Waals surface area contributed by atoms with Crippen LogP contribution in [0.5, 0.6) is 11.5 Å². The smallest absolute Gasteiger partial charge is 0.410 e. The Labute approximate surface area is 218 Å². The molecule has 3 aromatic rings. The number of rotatable bonds is 5. The van der Waals surface area contributed by atoms with Gasteiger partial charge in [-0.15, -0.1) is 11.3 Å². The van der Waals surface area contributed by atoms with Gasteiger partial charge in [-0.3, -0.25) is 4.98 Å². The Morgan fingerprint density at radius 3 is 2.65 bits per heavy atom. The minimum Gasteiger partial charge on any atom is -0.453 e. The number of amides is 3. The first-order chi connectivity index (χ1) is 17.6. The standard InChI is InChI=1S/C27H29FN4O4S/c1-27(2,3)36-26(34)32-12-9-16(10-13-32)23-15-20-24(37-23)22(8-11-29-20)35-21-7-6-18(14-19(21)28)31-25(33)30-17-4-5-17/h6-9,11,14-15,17H,4-5,10,12-13H2,1-3H3,(H2,30,31,33). The van der Waals surface area contributed by atoms with E-state index in [1.807, 2.05) is 32.9 Å². The van der Waals surface area contributed by atoms with Crippen LogP contribution in [0.3, 0.4) is 0 Å². The molecule has 8 nitrogen and oxygen atoms in total. The van der Waals surface area contributed by atoms with E-state index in [0.29, 0.717) is 30.9 Å². The summed E-state index contributed by atoms with van der Waals surface area (Å²) in [7, 11) is 0. The second-order valence-electron chi connectivity index (χ2n) is 10.2. The number of nitrogens with zero attached hydrogens (tertiary/aromatic N) is 2. The van der Waals surface area contributed by atoms with Crippen molar-refractivity contribution in [2.45, 2.75) is 51.7 Å². The van der Waals surface area contributed by atoms with E-state index in [1.54, 1.807) is 23.2 Å². The van der Waals surface area contributed by atoms with E-state index < -0.39 is 11.4 Å². The Morgan fingerprint density at radius 1 is 1.16 bits per heavy atom. The number of halogens is 1. The fourth-order valence-corrected chi connectivity index (χ4v) is 5.03. The van der Waals surface area contributed by atoms with Crippen molar-refractivity contribution in [3.63, 3.8) is 0 Å². The first-order valence-electron chi connectivity index (χ1n) is 12.3. The Hall–Kier alpha value is -3.66. The second-order valence-corrected chi connectivity index (χ2v) is 11.2. The number of carbonyl (C=O) groups is 2. The molecule has 0 unspecified atom stereocenters. The number of anilines is 1. The largest absolute Gasteiger partial charge is 0.453 e. The number of ether oxygens (including phenoxy) is 2. The summed E-state index contributed by atoms with van der Waals surface area (Å²) in [4.78, 5) is 31.5. The molecule has 1 fully saturated rings. The van der Waals surface area contributed by atoms with Crippen molar-refractivity contribution in [3.05, 3.63) is 53.3 Å². The molecule has 3 heterocycles. The van der Waals surface area contributed by atoms with Crippen molar-refractivity contribution in [1.82, 2.24) is 15.2 Å². The lowest BCUT2D eigenvalue weighted by molar-refractivity contribution is 0.0270. The fraction of sp³-hybridized carbons (Fsp3) is 0.370. The summed E-state index contributed by atoms with van der Waals surface area (Å²) in [5.74, 6) is -0.0252. The van der Waals surface area contributed by atoms with Gasteiger partial charge < -0.3 is 25.0 Å². The summed E-state index contributed by atoms with van der Waals surface area (Å²) < 4.78 is 27.0. The number of thiophene rings is 1. The topological polar surface area (TPSA) is 92.8 Å². The van der Waals surface area contributed by atoms with Crippen LogP contribution in [0.1, 0.15) is 44.9 Å². The Balaban J connectivity index is 1.29. The molecule has 194 valence electrons. The molecule has 0 bridgehead atoms. The molecule has 2 aromatic heterocycles. The maximum Gasteiger partial charge on any atom is 0.410 e. The van der Waals surface area contributed by atoms with Crippen LogP contribution in [0.25, 0.3) is 15.8 Å². The van der Waals surface area contributed by atoms with Gasteiger partial charge >= 0.3 is 12.1 Å². The lowest BCUT2D eigenvalue weighted by atomic mass is 10.1. The molecule has 1 aliphatic carbocycles. The number of urea groups is 1. The average Bonchev–Trinajstić information content (AvgIpc) is 3.53. The highest BCUT2D eigenvalue weighted by atomic mass is 32.1. The third kappa shape index (κ3) is 6.19. The van der Waals surface area contributed by atoms with Gasteiger partial charge in [-0.05, 0) is 63.8 Å². The number of nitrogens with one attached hydrogen (secondary N) is 2. The number of fused-ring (bicyclic) bond motifs is 1. The minimum absolute atomic E-state index is 0.0560. The number of carbonyl (C=O) groups excluding carboxylic acids is 2. The molecular formula is C27H29FN4O4S. The third-order valence-corrected chi connectivity index (χ3v) is 7.09. The van der Waals surface area contributed by atoms with E-state index in [0.717, 1.165) is 33.5 Å². The molecule has 0 saturated heterocycles. The van der Waals surface area contributed by atoms with E-state index >= 15 is 0 Å². The van der Waals surface area contributed by atoms with E-state index in [9.17, 15) is 14.0 Å². The first kappa shape index (κ1) is 25.0. The quantitative estimate of drug-likeness (QED) is 0.396. The van der Waals surface area contributed by atoms with Crippen molar-refractivity contribution >= 4 is 44.9 Å². The van der Waals surface area contributed by atoms with Gasteiger partial charge in [0.15, 0.2) is 11.6 Å². The number of hydrogen-bond donors (Lipinski definition) is 2. The molecule has 1 saturated carbocycles. The minimum atomic E-state index is -0.580. The van der Waals surface area contributed by atoms with Crippen LogP contribution in [-0.2, 0) is 4.74 Å². The van der Waals surface area contributed by atoms with Crippen LogP contribution in [0, 0.1) is 5.82 Å². The highest BCUT2D eigenvalue weighted by Crippen LogP contribution is 2.39. The van der Waals surface area contributed by atoms with Gasteiger partial charge in [0, 0.05) is 48.0 Å². The zero-order chi connectivity index (χ0) is 26.2. The fourth-order valence-electron chi connectivity index (χ4n) is 3.90. The molecule has 5 rings (SSSR count). The second kappa shape index (κ2) is 10.0. The van der Waals surface area contributed by atoms with Gasteiger partial charge in [0.2, 0.25) is 0 Å². The number of pyridine rings is 1. The zero-order valence-electron chi connectivity index (χ0n) is 21.0. The van der Waals surface area contributed by atoms with E-state index in [-0.39, 0.29) is 23.9 Å². The number of aromatic nitrogens is 1. The number of hydrogen-bond acceptors (Lipinski definition) is 6. The van der Waals surface area contributed by atoms with Gasteiger partial charge in [-0.2, -0.15) is 0 Å². The third-order valence-electron chi connectivity index (χ3n) is 5.88. The van der Waals surface area contributed by atoms with Crippen LogP contribution in [0.2, 0.25) is 0 Å². The molecule has 0 atom stereocenters. The van der Waals surface area contributed by atoms with Crippen LogP contribution in [0.15, 0.2) is 42.6 Å². The summed E-state index contributed by atoms with van der Waals surface area (Å²) in [6, 6.07) is 7.91.